The fraction of sp³-hybridized carbons (Fsp3) is 0.538. The average Bonchev–Trinajstić information content (AvgIpc) is 2.84. The number of aliphatic hydroxyl groups is 1. The van der Waals surface area contributed by atoms with Crippen molar-refractivity contribution in [2.45, 2.75) is 43.5 Å². The maximum atomic E-state index is 10.7. The van der Waals surface area contributed by atoms with E-state index in [0.29, 0.717) is 0 Å². The van der Waals surface area contributed by atoms with E-state index in [0.717, 1.165) is 18.4 Å². The summed E-state index contributed by atoms with van der Waals surface area (Å²) in [6, 6.07) is 9.86. The molecule has 0 unspecified atom stereocenters. The molecule has 2 nitrogen and oxygen atoms in total. The quantitative estimate of drug-likeness (QED) is 0.749. The van der Waals surface area contributed by atoms with Gasteiger partial charge < -0.3 is 9.84 Å². The molecule has 1 saturated carbocycles. The van der Waals surface area contributed by atoms with Gasteiger partial charge >= 0.3 is 0 Å². The predicted molar refractivity (Wildman–Crippen MR) is 57.5 cm³/mol. The van der Waals surface area contributed by atoms with E-state index >= 15 is 0 Å². The minimum atomic E-state index is -0.838. The lowest BCUT2D eigenvalue weighted by Gasteiger charge is -2.30. The summed E-state index contributed by atoms with van der Waals surface area (Å²) >= 11 is 0. The van der Waals surface area contributed by atoms with E-state index in [1.165, 1.54) is 6.42 Å². The zero-order valence-electron chi connectivity index (χ0n) is 8.94. The largest absolute Gasteiger partial charge is 0.382 e. The number of fused-ring (bicyclic) bond motifs is 1. The number of ether oxygens (including phenoxy) is 1. The summed E-state index contributed by atoms with van der Waals surface area (Å²) in [7, 11) is 0. The van der Waals surface area contributed by atoms with Gasteiger partial charge in [-0.15, -0.1) is 0 Å². The molecule has 1 saturated heterocycles. The Balaban J connectivity index is 1.98. The van der Waals surface area contributed by atoms with Crippen LogP contribution in [0, 0.1) is 0 Å². The second-order valence-electron chi connectivity index (χ2n) is 4.83. The molecular formula is C13H16O2. The lowest BCUT2D eigenvalue weighted by molar-refractivity contribution is -0.0306. The van der Waals surface area contributed by atoms with Crippen molar-refractivity contribution in [3.05, 3.63) is 35.9 Å². The van der Waals surface area contributed by atoms with E-state index in [1.54, 1.807) is 0 Å². The van der Waals surface area contributed by atoms with Crippen LogP contribution in [0.5, 0.6) is 0 Å². The molecule has 2 aliphatic rings. The number of benzene rings is 1. The van der Waals surface area contributed by atoms with Gasteiger partial charge in [0.2, 0.25) is 0 Å². The van der Waals surface area contributed by atoms with Crippen molar-refractivity contribution in [2.24, 2.45) is 0 Å². The number of rotatable bonds is 2. The summed E-state index contributed by atoms with van der Waals surface area (Å²) in [5.74, 6) is 0. The molecule has 3 rings (SSSR count). The molecule has 1 aromatic carbocycles. The Hall–Kier alpha value is -0.860. The molecule has 1 aliphatic carbocycles. The first-order valence-corrected chi connectivity index (χ1v) is 5.62. The van der Waals surface area contributed by atoms with Crippen molar-refractivity contribution in [1.82, 2.24) is 0 Å². The lowest BCUT2D eigenvalue weighted by Crippen LogP contribution is -2.39. The second-order valence-corrected chi connectivity index (χ2v) is 4.83. The Labute approximate surface area is 89.9 Å². The van der Waals surface area contributed by atoms with Crippen LogP contribution in [-0.4, -0.2) is 16.8 Å². The number of epoxide rings is 1. The minimum absolute atomic E-state index is 0.283. The van der Waals surface area contributed by atoms with E-state index in [4.69, 9.17) is 4.74 Å². The molecule has 1 aromatic rings. The van der Waals surface area contributed by atoms with Crippen LogP contribution in [0.25, 0.3) is 0 Å². The highest BCUT2D eigenvalue weighted by Crippen LogP contribution is 2.59. The molecule has 0 aromatic heterocycles. The zero-order chi connectivity index (χ0) is 10.5. The van der Waals surface area contributed by atoms with Crippen molar-refractivity contribution in [3.8, 4) is 0 Å². The summed E-state index contributed by atoms with van der Waals surface area (Å²) in [5.41, 5.74) is -0.154. The van der Waals surface area contributed by atoms with Gasteiger partial charge in [0.15, 0.2) is 0 Å². The van der Waals surface area contributed by atoms with Crippen LogP contribution in [0.2, 0.25) is 0 Å². The van der Waals surface area contributed by atoms with Crippen molar-refractivity contribution < 1.29 is 9.84 Å². The molecule has 2 heteroatoms. The van der Waals surface area contributed by atoms with E-state index < -0.39 is 5.60 Å². The van der Waals surface area contributed by atoms with Gasteiger partial charge in [-0.3, -0.25) is 0 Å². The van der Waals surface area contributed by atoms with Gasteiger partial charge in [0.1, 0.15) is 11.2 Å². The first-order chi connectivity index (χ1) is 7.17. The minimum Gasteiger partial charge on any atom is -0.382 e. The molecule has 0 bridgehead atoms. The fourth-order valence-electron chi connectivity index (χ4n) is 2.96. The first kappa shape index (κ1) is 9.37. The van der Waals surface area contributed by atoms with Crippen molar-refractivity contribution >= 4 is 0 Å². The Morgan fingerprint density at radius 2 is 2.13 bits per heavy atom. The molecule has 15 heavy (non-hydrogen) atoms. The monoisotopic (exact) mass is 204 g/mol. The molecule has 3 atom stereocenters. The first-order valence-electron chi connectivity index (χ1n) is 5.62. The average molecular weight is 204 g/mol. The van der Waals surface area contributed by atoms with Crippen LogP contribution in [0.1, 0.15) is 31.7 Å². The Kier molecular flexibility index (Phi) is 1.77. The van der Waals surface area contributed by atoms with Crippen LogP contribution in [0.3, 0.4) is 0 Å². The van der Waals surface area contributed by atoms with Gasteiger partial charge in [-0.2, -0.15) is 0 Å². The molecule has 0 spiro atoms. The Bertz CT molecular complexity index is 371. The Morgan fingerprint density at radius 3 is 2.67 bits per heavy atom. The van der Waals surface area contributed by atoms with Gasteiger partial charge in [-0.25, -0.2) is 0 Å². The third kappa shape index (κ3) is 1.12. The van der Waals surface area contributed by atoms with Crippen LogP contribution >= 0.6 is 0 Å². The van der Waals surface area contributed by atoms with Gasteiger partial charge in [0, 0.05) is 0 Å². The third-order valence-corrected chi connectivity index (χ3v) is 3.99. The maximum Gasteiger partial charge on any atom is 0.127 e. The molecule has 0 radical (unpaired) electrons. The highest BCUT2D eigenvalue weighted by molar-refractivity contribution is 5.31. The SMILES string of the molecule is C[C@@](O)(c1ccccc1)[C@@]12CCC[C@@H]1O2. The number of hydrogen-bond donors (Lipinski definition) is 1. The topological polar surface area (TPSA) is 32.8 Å². The van der Waals surface area contributed by atoms with Crippen molar-refractivity contribution in [3.63, 3.8) is 0 Å². The lowest BCUT2D eigenvalue weighted by atomic mass is 9.81. The van der Waals surface area contributed by atoms with E-state index in [2.05, 4.69) is 0 Å². The van der Waals surface area contributed by atoms with E-state index in [1.807, 2.05) is 37.3 Å². The molecule has 0 amide bonds. The molecule has 1 N–H and O–H groups in total. The van der Waals surface area contributed by atoms with Crippen molar-refractivity contribution in [2.75, 3.05) is 0 Å². The van der Waals surface area contributed by atoms with E-state index in [-0.39, 0.29) is 11.7 Å². The van der Waals surface area contributed by atoms with Gasteiger partial charge in [-0.05, 0) is 31.7 Å². The molecule has 1 aliphatic heterocycles. The normalized spacial score (nSPS) is 37.1. The van der Waals surface area contributed by atoms with Crippen molar-refractivity contribution in [1.29, 1.82) is 0 Å². The summed E-state index contributed by atoms with van der Waals surface area (Å²) in [6.45, 7) is 1.88. The summed E-state index contributed by atoms with van der Waals surface area (Å²) in [5, 5.41) is 10.7. The highest BCUT2D eigenvalue weighted by atomic mass is 16.6. The molecule has 1 heterocycles. The summed E-state index contributed by atoms with van der Waals surface area (Å²) in [4.78, 5) is 0. The fourth-order valence-corrected chi connectivity index (χ4v) is 2.96. The van der Waals surface area contributed by atoms with Crippen LogP contribution < -0.4 is 0 Å². The zero-order valence-corrected chi connectivity index (χ0v) is 8.94. The van der Waals surface area contributed by atoms with Crippen LogP contribution in [0.15, 0.2) is 30.3 Å². The second kappa shape index (κ2) is 2.83. The summed E-state index contributed by atoms with van der Waals surface area (Å²) < 4.78 is 5.71. The molecule has 2 fully saturated rings. The van der Waals surface area contributed by atoms with Gasteiger partial charge in [-0.1, -0.05) is 30.3 Å². The predicted octanol–water partition coefficient (Wildman–Crippen LogP) is 2.22. The standard InChI is InChI=1S/C13H16O2/c1-12(14,10-6-3-2-4-7-10)13-9-5-8-11(13)15-13/h2-4,6-7,11,14H,5,8-9H2,1H3/t11-,12+,13+/m0/s1. The van der Waals surface area contributed by atoms with Crippen LogP contribution in [-0.2, 0) is 10.3 Å². The van der Waals surface area contributed by atoms with Crippen LogP contribution in [0.4, 0.5) is 0 Å². The van der Waals surface area contributed by atoms with Gasteiger partial charge in [0.05, 0.1) is 6.10 Å². The smallest absolute Gasteiger partial charge is 0.127 e. The number of hydrogen-bond acceptors (Lipinski definition) is 2. The maximum absolute atomic E-state index is 10.7. The third-order valence-electron chi connectivity index (χ3n) is 3.99. The van der Waals surface area contributed by atoms with E-state index in [9.17, 15) is 5.11 Å². The summed E-state index contributed by atoms with van der Waals surface area (Å²) in [6.07, 6.45) is 3.55. The molecular weight excluding hydrogens is 188 g/mol. The Morgan fingerprint density at radius 1 is 1.40 bits per heavy atom. The molecule has 80 valence electrons. The highest BCUT2D eigenvalue weighted by Gasteiger charge is 2.69. The van der Waals surface area contributed by atoms with Gasteiger partial charge in [0.25, 0.3) is 0 Å².